The lowest BCUT2D eigenvalue weighted by Crippen LogP contribution is -2.39. The molecule has 1 aliphatic heterocycles. The summed E-state index contributed by atoms with van der Waals surface area (Å²) in [4.78, 5) is 14.4. The number of furan rings is 1. The van der Waals surface area contributed by atoms with Crippen molar-refractivity contribution < 1.29 is 9.21 Å². The Kier molecular flexibility index (Phi) is 6.12. The second kappa shape index (κ2) is 8.10. The van der Waals surface area contributed by atoms with Crippen LogP contribution in [0.1, 0.15) is 38.4 Å². The zero-order chi connectivity index (χ0) is 14.2. The molecule has 0 aliphatic carbocycles. The van der Waals surface area contributed by atoms with Crippen LogP contribution < -0.4 is 5.32 Å². The molecule has 2 heterocycles. The highest BCUT2D eigenvalue weighted by Gasteiger charge is 2.20. The first-order valence-electron chi connectivity index (χ1n) is 7.80. The normalized spacial score (nSPS) is 16.2. The number of aryl methyl sites for hydroxylation is 1. The van der Waals surface area contributed by atoms with Gasteiger partial charge in [0.05, 0.1) is 6.26 Å². The van der Waals surface area contributed by atoms with Crippen LogP contribution in [0.25, 0.3) is 0 Å². The quantitative estimate of drug-likeness (QED) is 0.833. The van der Waals surface area contributed by atoms with Crippen molar-refractivity contribution in [2.24, 2.45) is 5.92 Å². The first-order chi connectivity index (χ1) is 9.79. The second-order valence-electron chi connectivity index (χ2n) is 5.61. The summed E-state index contributed by atoms with van der Waals surface area (Å²) >= 11 is 0. The smallest absolute Gasteiger partial charge is 0.223 e. The van der Waals surface area contributed by atoms with Gasteiger partial charge in [-0.25, -0.2) is 0 Å². The van der Waals surface area contributed by atoms with Crippen LogP contribution in [-0.4, -0.2) is 37.0 Å². The van der Waals surface area contributed by atoms with Crippen molar-refractivity contribution in [3.8, 4) is 0 Å². The maximum Gasteiger partial charge on any atom is 0.223 e. The van der Waals surface area contributed by atoms with E-state index in [0.29, 0.717) is 18.8 Å². The maximum absolute atomic E-state index is 12.4. The Balaban J connectivity index is 1.81. The van der Waals surface area contributed by atoms with E-state index in [2.05, 4.69) is 17.1 Å². The summed E-state index contributed by atoms with van der Waals surface area (Å²) in [7, 11) is 0. The Morgan fingerprint density at radius 3 is 2.90 bits per heavy atom. The van der Waals surface area contributed by atoms with Gasteiger partial charge in [-0.3, -0.25) is 4.79 Å². The van der Waals surface area contributed by atoms with Crippen LogP contribution in [0.5, 0.6) is 0 Å². The first kappa shape index (κ1) is 15.1. The molecule has 0 atom stereocenters. The summed E-state index contributed by atoms with van der Waals surface area (Å²) in [6.07, 6.45) is 6.32. The molecule has 0 aromatic carbocycles. The summed E-state index contributed by atoms with van der Waals surface area (Å²) in [6, 6.07) is 3.81. The van der Waals surface area contributed by atoms with E-state index in [1.807, 2.05) is 12.1 Å². The minimum atomic E-state index is 0.266. The Hall–Kier alpha value is -1.29. The highest BCUT2D eigenvalue weighted by atomic mass is 16.3. The molecule has 1 saturated heterocycles. The van der Waals surface area contributed by atoms with Crippen molar-refractivity contribution in [2.75, 3.05) is 26.2 Å². The predicted octanol–water partition coefficient (Wildman–Crippen LogP) is 2.45. The standard InChI is InChI=1S/C16H26N2O2/c1-2-11-18(13-14-7-9-17-10-8-14)16(19)6-5-15-4-3-12-20-15/h3-4,12,14,17H,2,5-11,13H2,1H3. The monoisotopic (exact) mass is 278 g/mol. The van der Waals surface area contributed by atoms with Crippen LogP contribution in [-0.2, 0) is 11.2 Å². The molecule has 2 rings (SSSR count). The summed E-state index contributed by atoms with van der Waals surface area (Å²) < 4.78 is 5.29. The molecule has 1 amide bonds. The van der Waals surface area contributed by atoms with E-state index in [4.69, 9.17) is 4.42 Å². The number of carbonyl (C=O) groups excluding carboxylic acids is 1. The molecule has 1 aliphatic rings. The zero-order valence-corrected chi connectivity index (χ0v) is 12.4. The highest BCUT2D eigenvalue weighted by Crippen LogP contribution is 2.15. The molecule has 20 heavy (non-hydrogen) atoms. The maximum atomic E-state index is 12.4. The third-order valence-corrected chi connectivity index (χ3v) is 3.95. The van der Waals surface area contributed by atoms with E-state index < -0.39 is 0 Å². The molecule has 1 fully saturated rings. The number of hydrogen-bond donors (Lipinski definition) is 1. The Bertz CT molecular complexity index is 383. The molecule has 112 valence electrons. The SMILES string of the molecule is CCCN(CC1CCNCC1)C(=O)CCc1ccco1. The van der Waals surface area contributed by atoms with E-state index in [1.165, 1.54) is 12.8 Å². The van der Waals surface area contributed by atoms with Crippen molar-refractivity contribution in [3.05, 3.63) is 24.2 Å². The lowest BCUT2D eigenvalue weighted by molar-refractivity contribution is -0.132. The molecule has 0 unspecified atom stereocenters. The number of rotatable bonds is 7. The largest absolute Gasteiger partial charge is 0.469 e. The van der Waals surface area contributed by atoms with Crippen molar-refractivity contribution >= 4 is 5.91 Å². The molecule has 4 heteroatoms. The number of amides is 1. The summed E-state index contributed by atoms with van der Waals surface area (Å²) in [5.74, 6) is 1.83. The minimum absolute atomic E-state index is 0.266. The van der Waals surface area contributed by atoms with Gasteiger partial charge < -0.3 is 14.6 Å². The third kappa shape index (κ3) is 4.67. The molecule has 0 spiro atoms. The van der Waals surface area contributed by atoms with Gasteiger partial charge in [-0.2, -0.15) is 0 Å². The number of nitrogens with one attached hydrogen (secondary N) is 1. The van der Waals surface area contributed by atoms with Crippen molar-refractivity contribution in [3.63, 3.8) is 0 Å². The van der Waals surface area contributed by atoms with Gasteiger partial charge in [-0.15, -0.1) is 0 Å². The lowest BCUT2D eigenvalue weighted by atomic mass is 9.97. The molecule has 4 nitrogen and oxygen atoms in total. The molecular formula is C16H26N2O2. The van der Waals surface area contributed by atoms with Crippen molar-refractivity contribution in [1.29, 1.82) is 0 Å². The Morgan fingerprint density at radius 2 is 2.25 bits per heavy atom. The van der Waals surface area contributed by atoms with Crippen LogP contribution in [0.4, 0.5) is 0 Å². The van der Waals surface area contributed by atoms with Gasteiger partial charge in [0.1, 0.15) is 5.76 Å². The Morgan fingerprint density at radius 1 is 1.45 bits per heavy atom. The van der Waals surface area contributed by atoms with Gasteiger partial charge in [-0.05, 0) is 50.4 Å². The predicted molar refractivity (Wildman–Crippen MR) is 79.5 cm³/mol. The van der Waals surface area contributed by atoms with Gasteiger partial charge in [0.25, 0.3) is 0 Å². The number of hydrogen-bond acceptors (Lipinski definition) is 3. The van der Waals surface area contributed by atoms with Gasteiger partial charge in [-0.1, -0.05) is 6.92 Å². The third-order valence-electron chi connectivity index (χ3n) is 3.95. The molecule has 0 bridgehead atoms. The van der Waals surface area contributed by atoms with E-state index >= 15 is 0 Å². The molecular weight excluding hydrogens is 252 g/mol. The van der Waals surface area contributed by atoms with E-state index in [1.54, 1.807) is 6.26 Å². The first-order valence-corrected chi connectivity index (χ1v) is 7.80. The highest BCUT2D eigenvalue weighted by molar-refractivity contribution is 5.76. The summed E-state index contributed by atoms with van der Waals surface area (Å²) in [6.45, 7) is 6.11. The van der Waals surface area contributed by atoms with Crippen LogP contribution in [0.2, 0.25) is 0 Å². The van der Waals surface area contributed by atoms with Gasteiger partial charge in [0.2, 0.25) is 5.91 Å². The fourth-order valence-corrected chi connectivity index (χ4v) is 2.81. The van der Waals surface area contributed by atoms with Crippen LogP contribution in [0.15, 0.2) is 22.8 Å². The van der Waals surface area contributed by atoms with Gasteiger partial charge in [0.15, 0.2) is 0 Å². The fraction of sp³-hybridized carbons (Fsp3) is 0.688. The zero-order valence-electron chi connectivity index (χ0n) is 12.4. The second-order valence-corrected chi connectivity index (χ2v) is 5.61. The summed E-state index contributed by atoms with van der Waals surface area (Å²) in [5, 5.41) is 3.38. The molecule has 1 aromatic rings. The van der Waals surface area contributed by atoms with Gasteiger partial charge in [0, 0.05) is 25.9 Å². The van der Waals surface area contributed by atoms with E-state index in [0.717, 1.165) is 38.4 Å². The molecule has 0 saturated carbocycles. The van der Waals surface area contributed by atoms with Crippen LogP contribution in [0, 0.1) is 5.92 Å². The van der Waals surface area contributed by atoms with Gasteiger partial charge >= 0.3 is 0 Å². The van der Waals surface area contributed by atoms with Crippen molar-refractivity contribution in [2.45, 2.75) is 39.0 Å². The fourth-order valence-electron chi connectivity index (χ4n) is 2.81. The van der Waals surface area contributed by atoms with Crippen LogP contribution >= 0.6 is 0 Å². The van der Waals surface area contributed by atoms with E-state index in [9.17, 15) is 4.79 Å². The molecule has 1 aromatic heterocycles. The van der Waals surface area contributed by atoms with E-state index in [-0.39, 0.29) is 5.91 Å². The molecule has 0 radical (unpaired) electrons. The minimum Gasteiger partial charge on any atom is -0.469 e. The topological polar surface area (TPSA) is 45.5 Å². The number of carbonyl (C=O) groups is 1. The van der Waals surface area contributed by atoms with Crippen molar-refractivity contribution in [1.82, 2.24) is 10.2 Å². The number of nitrogens with zero attached hydrogens (tertiary/aromatic N) is 1. The van der Waals surface area contributed by atoms with Crippen LogP contribution in [0.3, 0.4) is 0 Å². The Labute approximate surface area is 121 Å². The lowest BCUT2D eigenvalue weighted by Gasteiger charge is -2.30. The molecule has 1 N–H and O–H groups in total. The summed E-state index contributed by atoms with van der Waals surface area (Å²) in [5.41, 5.74) is 0. The number of piperidine rings is 1. The average Bonchev–Trinajstić information content (AvgIpc) is 2.99. The average molecular weight is 278 g/mol.